The van der Waals surface area contributed by atoms with E-state index in [1.165, 1.54) is 4.31 Å². The number of anilines is 1. The highest BCUT2D eigenvalue weighted by atomic mass is 32.2. The number of hydrogen-bond acceptors (Lipinski definition) is 4. The molecule has 1 rings (SSSR count). The Morgan fingerprint density at radius 1 is 0.903 bits per heavy atom. The molecule has 0 bridgehead atoms. The van der Waals surface area contributed by atoms with Crippen LogP contribution in [0.1, 0.15) is 97.8 Å². The molecular formula is C24H41N2O4S-. The zero-order valence-electron chi connectivity index (χ0n) is 20.8. The molecule has 0 heterocycles. The molecule has 0 saturated carbocycles. The van der Waals surface area contributed by atoms with Gasteiger partial charge in [0.05, 0.1) is 5.69 Å². The molecule has 0 aromatic heterocycles. The smallest absolute Gasteiger partial charge is 0.309 e. The minimum atomic E-state index is -4.33. The second kappa shape index (κ2) is 10.3. The van der Waals surface area contributed by atoms with Gasteiger partial charge in [0.25, 0.3) is 0 Å². The molecule has 0 aliphatic rings. The zero-order valence-corrected chi connectivity index (χ0v) is 21.6. The van der Waals surface area contributed by atoms with Gasteiger partial charge in [0.1, 0.15) is 0 Å². The number of benzene rings is 1. The van der Waals surface area contributed by atoms with Gasteiger partial charge in [-0.1, -0.05) is 85.9 Å². The first-order valence-corrected chi connectivity index (χ1v) is 12.7. The largest absolute Gasteiger partial charge is 0.529 e. The third kappa shape index (κ3) is 6.69. The lowest BCUT2D eigenvalue weighted by Crippen LogP contribution is -2.53. The molecule has 0 N–H and O–H groups in total. The molecule has 31 heavy (non-hydrogen) atoms. The van der Waals surface area contributed by atoms with E-state index < -0.39 is 27.1 Å². The molecule has 0 saturated heterocycles. The molecule has 6 nitrogen and oxygen atoms in total. The van der Waals surface area contributed by atoms with Crippen LogP contribution >= 0.6 is 0 Å². The van der Waals surface area contributed by atoms with Gasteiger partial charge in [-0.2, -0.15) is 12.7 Å². The Bertz CT molecular complexity index is 822. The molecule has 0 fully saturated rings. The van der Waals surface area contributed by atoms with Gasteiger partial charge in [-0.15, -0.1) is 0 Å². The fourth-order valence-electron chi connectivity index (χ4n) is 3.57. The molecule has 178 valence electrons. The summed E-state index contributed by atoms with van der Waals surface area (Å²) in [5, 5.41) is 12.5. The van der Waals surface area contributed by atoms with Crippen LogP contribution < -0.4 is 9.41 Å². The predicted octanol–water partition coefficient (Wildman–Crippen LogP) is 4.89. The first-order chi connectivity index (χ1) is 14.1. The first kappa shape index (κ1) is 27.4. The molecule has 1 aromatic carbocycles. The van der Waals surface area contributed by atoms with Crippen LogP contribution in [0, 0.1) is 6.92 Å². The van der Waals surface area contributed by atoms with E-state index >= 15 is 0 Å². The summed E-state index contributed by atoms with van der Waals surface area (Å²) in [6.07, 6.45) is 1.23. The summed E-state index contributed by atoms with van der Waals surface area (Å²) in [6, 6.07) is 3.77. The lowest BCUT2D eigenvalue weighted by Gasteiger charge is -2.38. The Labute approximate surface area is 189 Å². The minimum Gasteiger partial charge on any atom is -0.529 e. The van der Waals surface area contributed by atoms with Crippen LogP contribution in [0.3, 0.4) is 0 Å². The van der Waals surface area contributed by atoms with Crippen molar-refractivity contribution in [1.82, 2.24) is 4.31 Å². The average molecular weight is 454 g/mol. The summed E-state index contributed by atoms with van der Waals surface area (Å²) in [5.41, 5.74) is 1.59. The summed E-state index contributed by atoms with van der Waals surface area (Å²) in [6.45, 7) is 18.2. The van der Waals surface area contributed by atoms with E-state index in [0.717, 1.165) is 18.4 Å². The molecule has 0 unspecified atom stereocenters. The molecule has 7 heteroatoms. The summed E-state index contributed by atoms with van der Waals surface area (Å²) in [5.74, 6) is 0. The van der Waals surface area contributed by atoms with E-state index in [2.05, 4.69) is 0 Å². The number of unbranched alkanes of at least 4 members (excludes halogenated alkanes) is 2. The monoisotopic (exact) mass is 453 g/mol. The van der Waals surface area contributed by atoms with E-state index in [9.17, 15) is 18.3 Å². The van der Waals surface area contributed by atoms with Crippen molar-refractivity contribution >= 4 is 22.0 Å². The molecule has 0 spiro atoms. The maximum atomic E-state index is 13.8. The summed E-state index contributed by atoms with van der Waals surface area (Å²) < 4.78 is 29.3. The topological polar surface area (TPSA) is 80.8 Å². The Kier molecular flexibility index (Phi) is 9.15. The van der Waals surface area contributed by atoms with Gasteiger partial charge in [0.15, 0.2) is 6.09 Å². The third-order valence-corrected chi connectivity index (χ3v) is 7.13. The van der Waals surface area contributed by atoms with Crippen molar-refractivity contribution in [3.05, 3.63) is 28.8 Å². The number of carbonyl (C=O) groups is 1. The van der Waals surface area contributed by atoms with Crippen molar-refractivity contribution in [3.8, 4) is 0 Å². The van der Waals surface area contributed by atoms with Crippen LogP contribution in [0.15, 0.2) is 12.1 Å². The highest BCUT2D eigenvalue weighted by Crippen LogP contribution is 2.42. The standard InChI is InChI=1S/C24H42N2O4S/c1-10-12-14-25(15-13-11-2)31(29,30)26(22(27)28)21-19(23(4,5)6)16-18(3)17-20(21)24(7,8)9/h16-17H,10-15H2,1-9H3,(H,27,28)/p-1. The second-order valence-electron chi connectivity index (χ2n) is 10.4. The first-order valence-electron chi connectivity index (χ1n) is 11.3. The number of carbonyl (C=O) groups excluding carboxylic acids is 1. The number of hydrogen-bond donors (Lipinski definition) is 0. The van der Waals surface area contributed by atoms with Gasteiger partial charge < -0.3 is 9.90 Å². The van der Waals surface area contributed by atoms with Gasteiger partial charge in [0.2, 0.25) is 0 Å². The number of amides is 1. The quantitative estimate of drug-likeness (QED) is 0.533. The highest BCUT2D eigenvalue weighted by molar-refractivity contribution is 7.91. The van der Waals surface area contributed by atoms with Crippen molar-refractivity contribution in [3.63, 3.8) is 0 Å². The average Bonchev–Trinajstić information content (AvgIpc) is 2.60. The summed E-state index contributed by atoms with van der Waals surface area (Å²) >= 11 is 0. The Morgan fingerprint density at radius 2 is 1.29 bits per heavy atom. The summed E-state index contributed by atoms with van der Waals surface area (Å²) in [4.78, 5) is 12.5. The van der Waals surface area contributed by atoms with Crippen LogP contribution in [-0.4, -0.2) is 31.9 Å². The van der Waals surface area contributed by atoms with Crippen molar-refractivity contribution < 1.29 is 18.3 Å². The van der Waals surface area contributed by atoms with Crippen LogP contribution in [0.4, 0.5) is 10.5 Å². The van der Waals surface area contributed by atoms with E-state index in [1.807, 2.05) is 74.4 Å². The molecule has 1 amide bonds. The number of aryl methyl sites for hydroxylation is 1. The Morgan fingerprint density at radius 3 is 1.58 bits per heavy atom. The second-order valence-corrected chi connectivity index (χ2v) is 12.1. The van der Waals surface area contributed by atoms with Crippen molar-refractivity contribution in [1.29, 1.82) is 0 Å². The maximum Gasteiger partial charge on any atom is 0.309 e. The Balaban J connectivity index is 3.93. The van der Waals surface area contributed by atoms with Gasteiger partial charge in [-0.3, -0.25) is 0 Å². The summed E-state index contributed by atoms with van der Waals surface area (Å²) in [7, 11) is -4.33. The molecular weight excluding hydrogens is 412 g/mol. The fourth-order valence-corrected chi connectivity index (χ4v) is 5.14. The molecule has 0 radical (unpaired) electrons. The molecule has 0 atom stereocenters. The highest BCUT2D eigenvalue weighted by Gasteiger charge is 2.37. The maximum absolute atomic E-state index is 13.8. The van der Waals surface area contributed by atoms with Gasteiger partial charge in [0, 0.05) is 13.1 Å². The van der Waals surface area contributed by atoms with Crippen LogP contribution in [0.25, 0.3) is 0 Å². The van der Waals surface area contributed by atoms with Crippen LogP contribution in [0.2, 0.25) is 0 Å². The number of rotatable bonds is 9. The SMILES string of the molecule is CCCCN(CCCC)S(=O)(=O)N(C(=O)[O-])c1c(C(C)(C)C)cc(C)cc1C(C)(C)C. The van der Waals surface area contributed by atoms with E-state index in [4.69, 9.17) is 0 Å². The van der Waals surface area contributed by atoms with Crippen molar-refractivity contribution in [2.45, 2.75) is 98.8 Å². The zero-order chi connectivity index (χ0) is 24.2. The lowest BCUT2D eigenvalue weighted by molar-refractivity contribution is -0.244. The van der Waals surface area contributed by atoms with Gasteiger partial charge in [-0.25, -0.2) is 4.31 Å². The van der Waals surface area contributed by atoms with Crippen molar-refractivity contribution in [2.75, 3.05) is 17.4 Å². The third-order valence-electron chi connectivity index (χ3n) is 5.32. The number of nitrogens with zero attached hydrogens (tertiary/aromatic N) is 2. The van der Waals surface area contributed by atoms with E-state index in [-0.39, 0.29) is 18.8 Å². The molecule has 0 aliphatic carbocycles. The van der Waals surface area contributed by atoms with Gasteiger partial charge in [-0.05, 0) is 41.7 Å². The van der Waals surface area contributed by atoms with E-state index in [0.29, 0.717) is 28.3 Å². The molecule has 0 aliphatic heterocycles. The van der Waals surface area contributed by atoms with Gasteiger partial charge >= 0.3 is 10.2 Å². The normalized spacial score (nSPS) is 13.0. The predicted molar refractivity (Wildman–Crippen MR) is 127 cm³/mol. The fraction of sp³-hybridized carbons (Fsp3) is 0.708. The minimum absolute atomic E-state index is 0.212. The van der Waals surface area contributed by atoms with Crippen LogP contribution in [0.5, 0.6) is 0 Å². The van der Waals surface area contributed by atoms with E-state index in [1.54, 1.807) is 0 Å². The number of carboxylic acid groups (broad SMARTS) is 1. The Hall–Kier alpha value is -1.60. The molecule has 1 aromatic rings. The lowest BCUT2D eigenvalue weighted by atomic mass is 9.77. The van der Waals surface area contributed by atoms with Crippen molar-refractivity contribution in [2.24, 2.45) is 0 Å². The van der Waals surface area contributed by atoms with Crippen LogP contribution in [-0.2, 0) is 21.0 Å².